The van der Waals surface area contributed by atoms with Crippen molar-refractivity contribution >= 4 is 0 Å². The Kier molecular flexibility index (Phi) is 5.19. The second kappa shape index (κ2) is 6.89. The maximum atomic E-state index is 6.27. The fourth-order valence-corrected chi connectivity index (χ4v) is 2.76. The smallest absolute Gasteiger partial charge is 0.119 e. The number of likely N-dealkylation sites (tertiary alicyclic amines) is 1. The quantitative estimate of drug-likeness (QED) is 0.851. The zero-order chi connectivity index (χ0) is 13.7. The highest BCUT2D eigenvalue weighted by molar-refractivity contribution is 5.32. The third kappa shape index (κ3) is 3.47. The molecule has 1 aliphatic rings. The highest BCUT2D eigenvalue weighted by Gasteiger charge is 2.32. The van der Waals surface area contributed by atoms with Gasteiger partial charge in [-0.05, 0) is 31.0 Å². The number of methoxy groups -OCH3 is 1. The first-order valence-electron chi connectivity index (χ1n) is 6.97. The number of ether oxygens (including phenoxy) is 2. The molecule has 2 N–H and O–H groups in total. The first-order valence-corrected chi connectivity index (χ1v) is 6.97. The van der Waals surface area contributed by atoms with E-state index in [4.69, 9.17) is 15.2 Å². The molecule has 1 heterocycles. The van der Waals surface area contributed by atoms with Crippen LogP contribution in [-0.4, -0.2) is 44.4 Å². The Morgan fingerprint density at radius 1 is 1.42 bits per heavy atom. The van der Waals surface area contributed by atoms with Crippen LogP contribution in [0, 0.1) is 0 Å². The molecule has 1 saturated heterocycles. The first kappa shape index (κ1) is 14.3. The SMILES string of the molecule is CCOc1cccc(C2C(N)CCN2CCOC)c1. The number of nitrogens with two attached hydrogens (primary N) is 1. The summed E-state index contributed by atoms with van der Waals surface area (Å²) in [6, 6.07) is 8.74. The summed E-state index contributed by atoms with van der Waals surface area (Å²) in [4.78, 5) is 2.40. The molecule has 1 aliphatic heterocycles. The van der Waals surface area contributed by atoms with Gasteiger partial charge in [-0.3, -0.25) is 4.90 Å². The Morgan fingerprint density at radius 3 is 3.00 bits per heavy atom. The Hall–Kier alpha value is -1.10. The van der Waals surface area contributed by atoms with E-state index in [1.54, 1.807) is 7.11 Å². The predicted molar refractivity (Wildman–Crippen MR) is 76.4 cm³/mol. The lowest BCUT2D eigenvalue weighted by Gasteiger charge is -2.27. The van der Waals surface area contributed by atoms with Crippen LogP contribution in [0.5, 0.6) is 5.75 Å². The van der Waals surface area contributed by atoms with Crippen LogP contribution >= 0.6 is 0 Å². The minimum Gasteiger partial charge on any atom is -0.494 e. The Labute approximate surface area is 115 Å². The molecule has 0 aliphatic carbocycles. The molecule has 0 bridgehead atoms. The van der Waals surface area contributed by atoms with Crippen molar-refractivity contribution in [3.05, 3.63) is 29.8 Å². The normalized spacial score (nSPS) is 23.7. The van der Waals surface area contributed by atoms with Gasteiger partial charge in [0, 0.05) is 26.2 Å². The van der Waals surface area contributed by atoms with E-state index in [1.165, 1.54) is 5.56 Å². The molecule has 1 aromatic rings. The molecule has 0 saturated carbocycles. The van der Waals surface area contributed by atoms with Crippen molar-refractivity contribution in [1.29, 1.82) is 0 Å². The van der Waals surface area contributed by atoms with Crippen LogP contribution in [0.2, 0.25) is 0 Å². The van der Waals surface area contributed by atoms with Crippen molar-refractivity contribution < 1.29 is 9.47 Å². The van der Waals surface area contributed by atoms with Gasteiger partial charge in [0.15, 0.2) is 0 Å². The summed E-state index contributed by atoms with van der Waals surface area (Å²) >= 11 is 0. The highest BCUT2D eigenvalue weighted by atomic mass is 16.5. The molecule has 0 amide bonds. The molecule has 1 fully saturated rings. The summed E-state index contributed by atoms with van der Waals surface area (Å²) in [6.45, 7) is 5.39. The van der Waals surface area contributed by atoms with Gasteiger partial charge < -0.3 is 15.2 Å². The lowest BCUT2D eigenvalue weighted by atomic mass is 10.0. The standard InChI is InChI=1S/C15H24N2O2/c1-3-19-13-6-4-5-12(11-13)15-14(16)7-8-17(15)9-10-18-2/h4-6,11,14-15H,3,7-10,16H2,1-2H3. The van der Waals surface area contributed by atoms with Gasteiger partial charge in [-0.15, -0.1) is 0 Å². The van der Waals surface area contributed by atoms with E-state index in [9.17, 15) is 0 Å². The fraction of sp³-hybridized carbons (Fsp3) is 0.600. The fourth-order valence-electron chi connectivity index (χ4n) is 2.76. The Morgan fingerprint density at radius 2 is 2.26 bits per heavy atom. The van der Waals surface area contributed by atoms with Gasteiger partial charge in [-0.1, -0.05) is 12.1 Å². The van der Waals surface area contributed by atoms with Crippen LogP contribution in [-0.2, 0) is 4.74 Å². The van der Waals surface area contributed by atoms with E-state index in [0.717, 1.165) is 31.9 Å². The van der Waals surface area contributed by atoms with E-state index in [0.29, 0.717) is 6.61 Å². The molecule has 0 spiro atoms. The topological polar surface area (TPSA) is 47.7 Å². The van der Waals surface area contributed by atoms with Gasteiger partial charge in [0.2, 0.25) is 0 Å². The number of benzene rings is 1. The van der Waals surface area contributed by atoms with Crippen LogP contribution in [0.3, 0.4) is 0 Å². The monoisotopic (exact) mass is 264 g/mol. The Bertz CT molecular complexity index is 397. The summed E-state index contributed by atoms with van der Waals surface area (Å²) in [5, 5.41) is 0. The van der Waals surface area contributed by atoms with Crippen molar-refractivity contribution in [1.82, 2.24) is 4.90 Å². The minimum absolute atomic E-state index is 0.189. The van der Waals surface area contributed by atoms with Crippen LogP contribution in [0.4, 0.5) is 0 Å². The number of hydrogen-bond acceptors (Lipinski definition) is 4. The summed E-state index contributed by atoms with van der Waals surface area (Å²) in [5.74, 6) is 0.922. The predicted octanol–water partition coefficient (Wildman–Crippen LogP) is 1.81. The third-order valence-electron chi connectivity index (χ3n) is 3.64. The molecular weight excluding hydrogens is 240 g/mol. The second-order valence-electron chi connectivity index (χ2n) is 4.93. The van der Waals surface area contributed by atoms with Crippen molar-refractivity contribution in [2.45, 2.75) is 25.4 Å². The lowest BCUT2D eigenvalue weighted by Crippen LogP contribution is -2.33. The maximum Gasteiger partial charge on any atom is 0.119 e. The summed E-state index contributed by atoms with van der Waals surface area (Å²) in [5.41, 5.74) is 7.52. The van der Waals surface area contributed by atoms with Crippen molar-refractivity contribution in [3.63, 3.8) is 0 Å². The van der Waals surface area contributed by atoms with E-state index in [2.05, 4.69) is 17.0 Å². The average molecular weight is 264 g/mol. The van der Waals surface area contributed by atoms with E-state index >= 15 is 0 Å². The molecule has 2 unspecified atom stereocenters. The molecule has 2 atom stereocenters. The van der Waals surface area contributed by atoms with Gasteiger partial charge in [-0.2, -0.15) is 0 Å². The van der Waals surface area contributed by atoms with E-state index in [1.807, 2.05) is 19.1 Å². The molecule has 4 nitrogen and oxygen atoms in total. The van der Waals surface area contributed by atoms with Gasteiger partial charge in [0.1, 0.15) is 5.75 Å². The third-order valence-corrected chi connectivity index (χ3v) is 3.64. The summed E-state index contributed by atoms with van der Waals surface area (Å²) in [7, 11) is 1.74. The molecule has 19 heavy (non-hydrogen) atoms. The van der Waals surface area contributed by atoms with Crippen LogP contribution < -0.4 is 10.5 Å². The van der Waals surface area contributed by atoms with Gasteiger partial charge in [-0.25, -0.2) is 0 Å². The second-order valence-corrected chi connectivity index (χ2v) is 4.93. The lowest BCUT2D eigenvalue weighted by molar-refractivity contribution is 0.139. The van der Waals surface area contributed by atoms with Crippen LogP contribution in [0.1, 0.15) is 24.9 Å². The number of hydrogen-bond donors (Lipinski definition) is 1. The van der Waals surface area contributed by atoms with Gasteiger partial charge in [0.25, 0.3) is 0 Å². The summed E-state index contributed by atoms with van der Waals surface area (Å²) < 4.78 is 10.8. The molecule has 106 valence electrons. The largest absolute Gasteiger partial charge is 0.494 e. The van der Waals surface area contributed by atoms with Gasteiger partial charge >= 0.3 is 0 Å². The number of rotatable bonds is 6. The molecule has 4 heteroatoms. The molecular formula is C15H24N2O2. The van der Waals surface area contributed by atoms with Crippen molar-refractivity contribution in [3.8, 4) is 5.75 Å². The highest BCUT2D eigenvalue weighted by Crippen LogP contribution is 2.32. The van der Waals surface area contributed by atoms with Crippen LogP contribution in [0.15, 0.2) is 24.3 Å². The minimum atomic E-state index is 0.189. The number of nitrogens with zero attached hydrogens (tertiary/aromatic N) is 1. The first-order chi connectivity index (χ1) is 9.26. The van der Waals surface area contributed by atoms with Crippen molar-refractivity contribution in [2.75, 3.05) is 33.4 Å². The van der Waals surface area contributed by atoms with E-state index in [-0.39, 0.29) is 12.1 Å². The maximum absolute atomic E-state index is 6.27. The zero-order valence-electron chi connectivity index (χ0n) is 11.8. The van der Waals surface area contributed by atoms with Crippen molar-refractivity contribution in [2.24, 2.45) is 5.73 Å². The molecule has 0 aromatic heterocycles. The Balaban J connectivity index is 2.14. The molecule has 2 rings (SSSR count). The summed E-state index contributed by atoms with van der Waals surface area (Å²) in [6.07, 6.45) is 1.03. The van der Waals surface area contributed by atoms with Crippen LogP contribution in [0.25, 0.3) is 0 Å². The zero-order valence-corrected chi connectivity index (χ0v) is 11.8. The van der Waals surface area contributed by atoms with Gasteiger partial charge in [0.05, 0.1) is 19.3 Å². The molecule has 0 radical (unpaired) electrons. The molecule has 1 aromatic carbocycles. The van der Waals surface area contributed by atoms with E-state index < -0.39 is 0 Å². The average Bonchev–Trinajstić information content (AvgIpc) is 2.78.